The number of imidazole rings is 1. The van der Waals surface area contributed by atoms with Crippen molar-refractivity contribution in [3.05, 3.63) is 53.9 Å². The molecular weight excluding hydrogens is 430 g/mol. The molecule has 2 aliphatic rings. The predicted molar refractivity (Wildman–Crippen MR) is 130 cm³/mol. The van der Waals surface area contributed by atoms with Gasteiger partial charge in [0.2, 0.25) is 5.88 Å². The van der Waals surface area contributed by atoms with Crippen LogP contribution < -0.4 is 9.64 Å². The molecule has 8 nitrogen and oxygen atoms in total. The van der Waals surface area contributed by atoms with Gasteiger partial charge in [0.15, 0.2) is 5.65 Å². The predicted octanol–water partition coefficient (Wildman–Crippen LogP) is 4.63. The van der Waals surface area contributed by atoms with Crippen LogP contribution in [0.3, 0.4) is 0 Å². The quantitative estimate of drug-likeness (QED) is 0.531. The number of hydrogen-bond acceptors (Lipinski definition) is 6. The second kappa shape index (κ2) is 8.91. The molecule has 0 N–H and O–H groups in total. The topological polar surface area (TPSA) is 72.2 Å². The third kappa shape index (κ3) is 5.01. The third-order valence-electron chi connectivity index (χ3n) is 6.17. The van der Waals surface area contributed by atoms with Crippen molar-refractivity contribution in [3.8, 4) is 5.88 Å². The van der Waals surface area contributed by atoms with E-state index in [0.29, 0.717) is 29.7 Å². The van der Waals surface area contributed by atoms with Gasteiger partial charge in [0.25, 0.3) is 0 Å². The van der Waals surface area contributed by atoms with E-state index in [-0.39, 0.29) is 6.10 Å². The van der Waals surface area contributed by atoms with Crippen molar-refractivity contribution in [1.82, 2.24) is 19.5 Å². The minimum Gasteiger partial charge on any atom is -0.472 e. The molecular formula is C26H33N5O3. The molecule has 1 saturated carbocycles. The Bertz CT molecular complexity index is 1170. The second-order valence-electron chi connectivity index (χ2n) is 10.4. The second-order valence-corrected chi connectivity index (χ2v) is 10.4. The van der Waals surface area contributed by atoms with Crippen LogP contribution in [0.1, 0.15) is 57.2 Å². The molecule has 2 aromatic heterocycles. The lowest BCUT2D eigenvalue weighted by molar-refractivity contribution is 0.0577. The van der Waals surface area contributed by atoms with E-state index in [2.05, 4.69) is 11.9 Å². The summed E-state index contributed by atoms with van der Waals surface area (Å²) < 4.78 is 14.0. The molecule has 34 heavy (non-hydrogen) atoms. The molecule has 8 heteroatoms. The van der Waals surface area contributed by atoms with Crippen LogP contribution in [0, 0.1) is 0 Å². The maximum absolute atomic E-state index is 13.5. The zero-order valence-corrected chi connectivity index (χ0v) is 20.4. The minimum absolute atomic E-state index is 0.0693. The van der Waals surface area contributed by atoms with Crippen LogP contribution in [0.4, 0.5) is 10.5 Å². The van der Waals surface area contributed by atoms with E-state index in [1.807, 2.05) is 67.9 Å². The number of anilines is 1. The number of nitrogens with zero attached hydrogens (tertiary/aromatic N) is 5. The number of rotatable bonds is 6. The first kappa shape index (κ1) is 22.7. The molecule has 5 rings (SSSR count). The molecule has 2 fully saturated rings. The van der Waals surface area contributed by atoms with Crippen molar-refractivity contribution in [1.29, 1.82) is 0 Å². The van der Waals surface area contributed by atoms with E-state index in [1.165, 1.54) is 0 Å². The van der Waals surface area contributed by atoms with Crippen molar-refractivity contribution in [2.45, 2.75) is 64.2 Å². The van der Waals surface area contributed by atoms with E-state index in [9.17, 15) is 4.79 Å². The third-order valence-corrected chi connectivity index (χ3v) is 6.17. The van der Waals surface area contributed by atoms with Gasteiger partial charge in [0.05, 0.1) is 24.1 Å². The molecule has 180 valence electrons. The number of likely N-dealkylation sites (tertiary alicyclic amines) is 1. The van der Waals surface area contributed by atoms with Crippen molar-refractivity contribution < 1.29 is 14.3 Å². The van der Waals surface area contributed by atoms with Crippen LogP contribution >= 0.6 is 0 Å². The maximum Gasteiger partial charge on any atom is 0.415 e. The number of likely N-dealkylation sites (N-methyl/N-ethyl adjacent to an activating group) is 1. The fourth-order valence-electron chi connectivity index (χ4n) is 4.35. The Morgan fingerprint density at radius 2 is 1.94 bits per heavy atom. The average molecular weight is 464 g/mol. The molecule has 0 radical (unpaired) electrons. The molecule has 1 saturated heterocycles. The van der Waals surface area contributed by atoms with Gasteiger partial charge >= 0.3 is 6.09 Å². The Hall–Kier alpha value is -3.13. The first-order valence-electron chi connectivity index (χ1n) is 12.0. The summed E-state index contributed by atoms with van der Waals surface area (Å²) in [6, 6.07) is 11.7. The van der Waals surface area contributed by atoms with Gasteiger partial charge in [-0.25, -0.2) is 14.3 Å². The molecule has 1 aliphatic heterocycles. The van der Waals surface area contributed by atoms with Crippen LogP contribution in [-0.2, 0) is 11.3 Å². The summed E-state index contributed by atoms with van der Waals surface area (Å²) in [5.41, 5.74) is 2.71. The summed E-state index contributed by atoms with van der Waals surface area (Å²) >= 11 is 0. The molecule has 0 unspecified atom stereocenters. The SMILES string of the molecule is CN1CC[C@H](Oc2cc(N(Cc3ccccc3)C(=O)OC(C)(C)C)c3ncc(C4CC4)n3n2)C1. The lowest BCUT2D eigenvalue weighted by Gasteiger charge is -2.28. The average Bonchev–Trinajstić information content (AvgIpc) is 3.41. The van der Waals surface area contributed by atoms with Gasteiger partial charge in [-0.2, -0.15) is 0 Å². The lowest BCUT2D eigenvalue weighted by atomic mass is 10.2. The highest BCUT2D eigenvalue weighted by molar-refractivity contribution is 5.92. The van der Waals surface area contributed by atoms with E-state index in [0.717, 1.165) is 43.6 Å². The minimum atomic E-state index is -0.627. The van der Waals surface area contributed by atoms with E-state index in [4.69, 9.17) is 19.6 Å². The summed E-state index contributed by atoms with van der Waals surface area (Å²) in [7, 11) is 2.09. The van der Waals surface area contributed by atoms with E-state index in [1.54, 1.807) is 4.90 Å². The number of amides is 1. The lowest BCUT2D eigenvalue weighted by Crippen LogP contribution is -2.37. The maximum atomic E-state index is 13.5. The highest BCUT2D eigenvalue weighted by Gasteiger charge is 2.32. The van der Waals surface area contributed by atoms with Crippen molar-refractivity contribution in [3.63, 3.8) is 0 Å². The molecule has 0 spiro atoms. The Balaban J connectivity index is 1.58. The van der Waals surface area contributed by atoms with Crippen LogP contribution in [0.2, 0.25) is 0 Å². The number of aromatic nitrogens is 3. The largest absolute Gasteiger partial charge is 0.472 e. The molecule has 3 aromatic rings. The van der Waals surface area contributed by atoms with E-state index >= 15 is 0 Å². The fraction of sp³-hybridized carbons (Fsp3) is 0.500. The standard InChI is InChI=1S/C26H33N5O3/c1-26(2,3)34-25(32)30(16-18-8-6-5-7-9-18)21-14-23(33-20-12-13-29(4)17-20)28-31-22(19-10-11-19)15-27-24(21)31/h5-9,14-15,19-20H,10-13,16-17H2,1-4H3/t20-/m0/s1. The van der Waals surface area contributed by atoms with Gasteiger partial charge in [0, 0.05) is 25.1 Å². The van der Waals surface area contributed by atoms with Crippen LogP contribution in [0.15, 0.2) is 42.6 Å². The fourth-order valence-corrected chi connectivity index (χ4v) is 4.35. The number of carbonyl (C=O) groups is 1. The molecule has 0 bridgehead atoms. The highest BCUT2D eigenvalue weighted by atomic mass is 16.6. The van der Waals surface area contributed by atoms with Gasteiger partial charge in [-0.05, 0) is 52.6 Å². The zero-order chi connectivity index (χ0) is 23.9. The summed E-state index contributed by atoms with van der Waals surface area (Å²) in [6.45, 7) is 7.83. The van der Waals surface area contributed by atoms with Crippen LogP contribution in [0.25, 0.3) is 5.65 Å². The van der Waals surface area contributed by atoms with Crippen LogP contribution in [-0.4, -0.2) is 57.4 Å². The molecule has 1 aliphatic carbocycles. The first-order chi connectivity index (χ1) is 16.3. The number of ether oxygens (including phenoxy) is 2. The summed E-state index contributed by atoms with van der Waals surface area (Å²) in [5.74, 6) is 0.955. The smallest absolute Gasteiger partial charge is 0.415 e. The van der Waals surface area contributed by atoms with Gasteiger partial charge in [-0.1, -0.05) is 30.3 Å². The Morgan fingerprint density at radius 3 is 2.59 bits per heavy atom. The number of fused-ring (bicyclic) bond motifs is 1. The van der Waals surface area contributed by atoms with Crippen LogP contribution in [0.5, 0.6) is 5.88 Å². The normalized spacial score (nSPS) is 18.9. The van der Waals surface area contributed by atoms with Gasteiger partial charge in [-0.3, -0.25) is 4.90 Å². The summed E-state index contributed by atoms with van der Waals surface area (Å²) in [6.07, 6.45) is 4.73. The monoisotopic (exact) mass is 463 g/mol. The van der Waals surface area contributed by atoms with Gasteiger partial charge in [0.1, 0.15) is 11.7 Å². The summed E-state index contributed by atoms with van der Waals surface area (Å²) in [4.78, 5) is 22.0. The molecule has 3 heterocycles. The Kier molecular flexibility index (Phi) is 5.93. The summed E-state index contributed by atoms with van der Waals surface area (Å²) in [5, 5.41) is 4.80. The van der Waals surface area contributed by atoms with Crippen molar-refractivity contribution in [2.75, 3.05) is 25.0 Å². The Labute approximate surface area is 200 Å². The van der Waals surface area contributed by atoms with E-state index < -0.39 is 11.7 Å². The molecule has 1 aromatic carbocycles. The Morgan fingerprint density at radius 1 is 1.18 bits per heavy atom. The molecule has 1 atom stereocenters. The number of benzene rings is 1. The number of carbonyl (C=O) groups excluding carboxylic acids is 1. The highest BCUT2D eigenvalue weighted by Crippen LogP contribution is 2.41. The zero-order valence-electron chi connectivity index (χ0n) is 20.4. The first-order valence-corrected chi connectivity index (χ1v) is 12.0. The number of hydrogen-bond donors (Lipinski definition) is 0. The van der Waals surface area contributed by atoms with Crippen molar-refractivity contribution >= 4 is 17.4 Å². The van der Waals surface area contributed by atoms with Gasteiger partial charge < -0.3 is 14.4 Å². The molecule has 1 amide bonds. The van der Waals surface area contributed by atoms with Crippen molar-refractivity contribution in [2.24, 2.45) is 0 Å². The van der Waals surface area contributed by atoms with Gasteiger partial charge in [-0.15, -0.1) is 5.10 Å².